The molecule has 0 aromatic heterocycles. The minimum absolute atomic E-state index is 0.386. The SMILES string of the molecule is CC(C)(C)OC(=O)NC1(C(=O)NNC(=O)c2ccc(CN)cc2)CCCC1. The fourth-order valence-electron chi connectivity index (χ4n) is 2.98. The first kappa shape index (κ1) is 20.7. The van der Waals surface area contributed by atoms with Gasteiger partial charge in [-0.15, -0.1) is 0 Å². The Morgan fingerprint density at radius 1 is 1.07 bits per heavy atom. The maximum atomic E-state index is 12.7. The molecule has 0 unspecified atom stereocenters. The number of carbonyl (C=O) groups excluding carboxylic acids is 3. The summed E-state index contributed by atoms with van der Waals surface area (Å²) in [4.78, 5) is 37.0. The molecule has 1 aliphatic carbocycles. The summed E-state index contributed by atoms with van der Waals surface area (Å²) in [5.41, 5.74) is 9.91. The summed E-state index contributed by atoms with van der Waals surface area (Å²) in [6, 6.07) is 6.76. The summed E-state index contributed by atoms with van der Waals surface area (Å²) < 4.78 is 5.26. The van der Waals surface area contributed by atoms with Crippen LogP contribution in [-0.4, -0.2) is 29.0 Å². The third-order valence-corrected chi connectivity index (χ3v) is 4.37. The van der Waals surface area contributed by atoms with Gasteiger partial charge < -0.3 is 15.8 Å². The van der Waals surface area contributed by atoms with Crippen molar-refractivity contribution in [3.05, 3.63) is 35.4 Å². The van der Waals surface area contributed by atoms with Crippen LogP contribution in [0.3, 0.4) is 0 Å². The molecule has 3 amide bonds. The van der Waals surface area contributed by atoms with Crippen LogP contribution in [0.15, 0.2) is 24.3 Å². The van der Waals surface area contributed by atoms with Gasteiger partial charge in [-0.2, -0.15) is 0 Å². The summed E-state index contributed by atoms with van der Waals surface area (Å²) in [5.74, 6) is -0.907. The molecule has 0 aliphatic heterocycles. The first-order chi connectivity index (χ1) is 12.6. The number of nitrogens with two attached hydrogens (primary N) is 1. The van der Waals surface area contributed by atoms with E-state index in [1.54, 1.807) is 45.0 Å². The van der Waals surface area contributed by atoms with E-state index in [9.17, 15) is 14.4 Å². The summed E-state index contributed by atoms with van der Waals surface area (Å²) in [6.45, 7) is 5.65. The second-order valence-electron chi connectivity index (χ2n) is 7.73. The maximum absolute atomic E-state index is 12.7. The van der Waals surface area contributed by atoms with Crippen molar-refractivity contribution >= 4 is 17.9 Å². The topological polar surface area (TPSA) is 123 Å². The lowest BCUT2D eigenvalue weighted by molar-refractivity contribution is -0.128. The Labute approximate surface area is 159 Å². The normalized spacial score (nSPS) is 15.7. The van der Waals surface area contributed by atoms with E-state index in [0.29, 0.717) is 24.9 Å². The predicted octanol–water partition coefficient (Wildman–Crippen LogP) is 1.74. The number of benzene rings is 1. The Balaban J connectivity index is 1.98. The molecular formula is C19H28N4O4. The average Bonchev–Trinajstić information content (AvgIpc) is 3.07. The first-order valence-corrected chi connectivity index (χ1v) is 9.06. The van der Waals surface area contributed by atoms with Crippen LogP contribution in [0.2, 0.25) is 0 Å². The molecule has 0 bridgehead atoms. The van der Waals surface area contributed by atoms with Gasteiger partial charge in [-0.05, 0) is 51.3 Å². The lowest BCUT2D eigenvalue weighted by atomic mass is 9.97. The molecule has 8 heteroatoms. The molecule has 1 fully saturated rings. The summed E-state index contributed by atoms with van der Waals surface area (Å²) in [7, 11) is 0. The van der Waals surface area contributed by atoms with Crippen molar-refractivity contribution in [1.29, 1.82) is 0 Å². The Hall–Kier alpha value is -2.61. The number of hydrazine groups is 1. The molecular weight excluding hydrogens is 348 g/mol. The number of hydrogen-bond acceptors (Lipinski definition) is 5. The highest BCUT2D eigenvalue weighted by atomic mass is 16.6. The van der Waals surface area contributed by atoms with Crippen molar-refractivity contribution < 1.29 is 19.1 Å². The number of hydrogen-bond donors (Lipinski definition) is 4. The molecule has 1 aromatic rings. The number of alkyl carbamates (subject to hydrolysis) is 1. The molecule has 1 aliphatic rings. The second-order valence-corrected chi connectivity index (χ2v) is 7.73. The van der Waals surface area contributed by atoms with Gasteiger partial charge in [0.25, 0.3) is 11.8 Å². The van der Waals surface area contributed by atoms with Crippen LogP contribution >= 0.6 is 0 Å². The van der Waals surface area contributed by atoms with Crippen LogP contribution in [0.5, 0.6) is 0 Å². The van der Waals surface area contributed by atoms with Crippen LogP contribution in [0.25, 0.3) is 0 Å². The zero-order valence-corrected chi connectivity index (χ0v) is 16.1. The van der Waals surface area contributed by atoms with Gasteiger partial charge in [-0.25, -0.2) is 4.79 Å². The highest BCUT2D eigenvalue weighted by Crippen LogP contribution is 2.30. The molecule has 27 heavy (non-hydrogen) atoms. The van der Waals surface area contributed by atoms with E-state index < -0.39 is 29.0 Å². The Bertz CT molecular complexity index is 689. The Morgan fingerprint density at radius 2 is 1.67 bits per heavy atom. The van der Waals surface area contributed by atoms with Gasteiger partial charge in [0.2, 0.25) is 0 Å². The van der Waals surface area contributed by atoms with Gasteiger partial charge in [0.15, 0.2) is 0 Å². The standard InChI is InChI=1S/C19H28N4O4/c1-18(2,3)27-17(26)21-19(10-4-5-11-19)16(25)23-22-15(24)14-8-6-13(12-20)7-9-14/h6-9H,4-5,10-12,20H2,1-3H3,(H,21,26)(H,22,24)(H,23,25). The molecule has 1 aromatic carbocycles. The highest BCUT2D eigenvalue weighted by Gasteiger charge is 2.43. The number of carbonyl (C=O) groups is 3. The average molecular weight is 376 g/mol. The second kappa shape index (κ2) is 8.39. The number of rotatable bonds is 4. The van der Waals surface area contributed by atoms with Gasteiger partial charge in [-0.1, -0.05) is 25.0 Å². The third kappa shape index (κ3) is 5.68. The van der Waals surface area contributed by atoms with Crippen molar-refractivity contribution in [2.24, 2.45) is 5.73 Å². The van der Waals surface area contributed by atoms with Crippen molar-refractivity contribution in [2.75, 3.05) is 0 Å². The van der Waals surface area contributed by atoms with Crippen LogP contribution < -0.4 is 21.9 Å². The van der Waals surface area contributed by atoms with Crippen LogP contribution in [0.4, 0.5) is 4.79 Å². The first-order valence-electron chi connectivity index (χ1n) is 9.06. The van der Waals surface area contributed by atoms with E-state index in [0.717, 1.165) is 18.4 Å². The fourth-order valence-corrected chi connectivity index (χ4v) is 2.98. The number of amides is 3. The molecule has 2 rings (SSSR count). The largest absolute Gasteiger partial charge is 0.444 e. The lowest BCUT2D eigenvalue weighted by Crippen LogP contribution is -2.60. The van der Waals surface area contributed by atoms with Gasteiger partial charge in [0.05, 0.1) is 0 Å². The van der Waals surface area contributed by atoms with Crippen molar-refractivity contribution in [3.8, 4) is 0 Å². The van der Waals surface area contributed by atoms with Gasteiger partial charge in [-0.3, -0.25) is 20.4 Å². The van der Waals surface area contributed by atoms with Crippen molar-refractivity contribution in [3.63, 3.8) is 0 Å². The number of ether oxygens (including phenoxy) is 1. The summed E-state index contributed by atoms with van der Waals surface area (Å²) in [5, 5.41) is 2.69. The third-order valence-electron chi connectivity index (χ3n) is 4.37. The van der Waals surface area contributed by atoms with E-state index in [2.05, 4.69) is 16.2 Å². The molecule has 8 nitrogen and oxygen atoms in total. The number of nitrogens with one attached hydrogen (secondary N) is 3. The molecule has 148 valence electrons. The Morgan fingerprint density at radius 3 is 2.19 bits per heavy atom. The van der Waals surface area contributed by atoms with E-state index in [1.807, 2.05) is 0 Å². The molecule has 0 spiro atoms. The van der Waals surface area contributed by atoms with E-state index in [-0.39, 0.29) is 0 Å². The smallest absolute Gasteiger partial charge is 0.408 e. The van der Waals surface area contributed by atoms with Gasteiger partial charge in [0.1, 0.15) is 11.1 Å². The van der Waals surface area contributed by atoms with Gasteiger partial charge >= 0.3 is 6.09 Å². The van der Waals surface area contributed by atoms with E-state index in [1.165, 1.54) is 0 Å². The van der Waals surface area contributed by atoms with E-state index in [4.69, 9.17) is 10.5 Å². The zero-order valence-electron chi connectivity index (χ0n) is 16.1. The molecule has 0 heterocycles. The monoisotopic (exact) mass is 376 g/mol. The van der Waals surface area contributed by atoms with Gasteiger partial charge in [0, 0.05) is 12.1 Å². The maximum Gasteiger partial charge on any atom is 0.408 e. The fraction of sp³-hybridized carbons (Fsp3) is 0.526. The highest BCUT2D eigenvalue weighted by molar-refractivity contribution is 5.97. The van der Waals surface area contributed by atoms with Crippen LogP contribution in [-0.2, 0) is 16.1 Å². The molecule has 0 saturated heterocycles. The van der Waals surface area contributed by atoms with Crippen molar-refractivity contribution in [2.45, 2.75) is 64.1 Å². The van der Waals surface area contributed by atoms with Crippen LogP contribution in [0.1, 0.15) is 62.4 Å². The molecule has 1 saturated carbocycles. The molecule has 0 atom stereocenters. The lowest BCUT2D eigenvalue weighted by Gasteiger charge is -2.30. The summed E-state index contributed by atoms with van der Waals surface area (Å²) >= 11 is 0. The molecule has 0 radical (unpaired) electrons. The minimum Gasteiger partial charge on any atom is -0.444 e. The minimum atomic E-state index is -1.08. The predicted molar refractivity (Wildman–Crippen MR) is 101 cm³/mol. The Kier molecular flexibility index (Phi) is 6.43. The zero-order chi connectivity index (χ0) is 20.1. The van der Waals surface area contributed by atoms with Crippen molar-refractivity contribution in [1.82, 2.24) is 16.2 Å². The van der Waals surface area contributed by atoms with Crippen LogP contribution in [0, 0.1) is 0 Å². The summed E-state index contributed by atoms with van der Waals surface area (Å²) in [6.07, 6.45) is 1.93. The molecule has 5 N–H and O–H groups in total. The quantitative estimate of drug-likeness (QED) is 0.596. The van der Waals surface area contributed by atoms with E-state index >= 15 is 0 Å².